The van der Waals surface area contributed by atoms with Crippen LogP contribution in [0.15, 0.2) is 0 Å². The smallest absolute Gasteiger partial charge is 0.234 e. The maximum atomic E-state index is 12.0. The molecule has 0 bridgehead atoms. The largest absolute Gasteiger partial charge is 0.351 e. The van der Waals surface area contributed by atoms with E-state index in [1.807, 2.05) is 0 Å². The van der Waals surface area contributed by atoms with E-state index in [9.17, 15) is 13.2 Å². The zero-order valence-electron chi connectivity index (χ0n) is 13.8. The van der Waals surface area contributed by atoms with E-state index in [1.54, 1.807) is 0 Å². The summed E-state index contributed by atoms with van der Waals surface area (Å²) in [6.07, 6.45) is 1.77. The lowest BCUT2D eigenvalue weighted by Crippen LogP contribution is -2.50. The van der Waals surface area contributed by atoms with E-state index >= 15 is 0 Å². The van der Waals surface area contributed by atoms with E-state index < -0.39 is 9.84 Å². The highest BCUT2D eigenvalue weighted by Gasteiger charge is 2.29. The van der Waals surface area contributed by atoms with E-state index in [2.05, 4.69) is 29.0 Å². The van der Waals surface area contributed by atoms with Crippen molar-refractivity contribution < 1.29 is 13.2 Å². The van der Waals surface area contributed by atoms with Crippen molar-refractivity contribution in [2.24, 2.45) is 5.92 Å². The van der Waals surface area contributed by atoms with Crippen LogP contribution in [0.1, 0.15) is 26.7 Å². The van der Waals surface area contributed by atoms with Gasteiger partial charge in [0.15, 0.2) is 9.84 Å². The molecule has 0 saturated carbocycles. The average molecular weight is 331 g/mol. The van der Waals surface area contributed by atoms with Crippen LogP contribution in [0.3, 0.4) is 0 Å². The SMILES string of the molecule is CC(C)CCN1CCN(CC(=O)NC2CCS(=O)(=O)C2)CC1. The summed E-state index contributed by atoms with van der Waals surface area (Å²) >= 11 is 0. The molecule has 0 aromatic carbocycles. The van der Waals surface area contributed by atoms with Gasteiger partial charge >= 0.3 is 0 Å². The van der Waals surface area contributed by atoms with Crippen LogP contribution in [0.5, 0.6) is 0 Å². The van der Waals surface area contributed by atoms with Gasteiger partial charge in [-0.25, -0.2) is 8.42 Å². The number of amides is 1. The quantitative estimate of drug-likeness (QED) is 0.739. The Labute approximate surface area is 134 Å². The van der Waals surface area contributed by atoms with Gasteiger partial charge in [0.05, 0.1) is 18.1 Å². The third-order valence-corrected chi connectivity index (χ3v) is 6.22. The van der Waals surface area contributed by atoms with Gasteiger partial charge in [-0.2, -0.15) is 0 Å². The van der Waals surface area contributed by atoms with Gasteiger partial charge in [-0.05, 0) is 25.3 Å². The number of nitrogens with zero attached hydrogens (tertiary/aromatic N) is 2. The van der Waals surface area contributed by atoms with Gasteiger partial charge in [0.25, 0.3) is 0 Å². The number of sulfone groups is 1. The second kappa shape index (κ2) is 7.75. The Morgan fingerprint density at radius 2 is 1.82 bits per heavy atom. The molecule has 0 aliphatic carbocycles. The molecule has 0 radical (unpaired) electrons. The minimum Gasteiger partial charge on any atom is -0.351 e. The van der Waals surface area contributed by atoms with Gasteiger partial charge in [0.2, 0.25) is 5.91 Å². The highest BCUT2D eigenvalue weighted by Crippen LogP contribution is 2.11. The second-order valence-corrected chi connectivity index (χ2v) is 9.20. The number of hydrogen-bond acceptors (Lipinski definition) is 5. The first kappa shape index (κ1) is 17.7. The molecule has 6 nitrogen and oxygen atoms in total. The molecule has 2 aliphatic rings. The van der Waals surface area contributed by atoms with Crippen LogP contribution in [0.4, 0.5) is 0 Å². The molecule has 0 aromatic heterocycles. The fraction of sp³-hybridized carbons (Fsp3) is 0.933. The van der Waals surface area contributed by atoms with Gasteiger partial charge in [-0.3, -0.25) is 9.69 Å². The minimum absolute atomic E-state index is 0.0438. The van der Waals surface area contributed by atoms with E-state index in [1.165, 1.54) is 6.42 Å². The molecule has 2 saturated heterocycles. The normalized spacial score (nSPS) is 26.4. The molecule has 2 aliphatic heterocycles. The van der Waals surface area contributed by atoms with Crippen molar-refractivity contribution >= 4 is 15.7 Å². The highest BCUT2D eigenvalue weighted by atomic mass is 32.2. The van der Waals surface area contributed by atoms with Crippen molar-refractivity contribution in [2.75, 3.05) is 50.8 Å². The van der Waals surface area contributed by atoms with Gasteiger partial charge in [-0.1, -0.05) is 13.8 Å². The van der Waals surface area contributed by atoms with E-state index in [-0.39, 0.29) is 23.5 Å². The zero-order chi connectivity index (χ0) is 16.2. The minimum atomic E-state index is -2.93. The van der Waals surface area contributed by atoms with E-state index in [4.69, 9.17) is 0 Å². The standard InChI is InChI=1S/C15H29N3O3S/c1-13(2)3-5-17-6-8-18(9-7-17)11-15(19)16-14-4-10-22(20,21)12-14/h13-14H,3-12H2,1-2H3,(H,16,19). The highest BCUT2D eigenvalue weighted by molar-refractivity contribution is 7.91. The monoisotopic (exact) mass is 331 g/mol. The maximum Gasteiger partial charge on any atom is 0.234 e. The summed E-state index contributed by atoms with van der Waals surface area (Å²) in [5.74, 6) is 0.984. The van der Waals surface area contributed by atoms with E-state index in [0.29, 0.717) is 13.0 Å². The third-order valence-electron chi connectivity index (χ3n) is 4.45. The van der Waals surface area contributed by atoms with Gasteiger partial charge < -0.3 is 10.2 Å². The van der Waals surface area contributed by atoms with Crippen molar-refractivity contribution in [2.45, 2.75) is 32.7 Å². The van der Waals surface area contributed by atoms with Crippen molar-refractivity contribution in [1.29, 1.82) is 0 Å². The molecule has 1 unspecified atom stereocenters. The Morgan fingerprint density at radius 1 is 1.18 bits per heavy atom. The van der Waals surface area contributed by atoms with Crippen molar-refractivity contribution in [3.05, 3.63) is 0 Å². The lowest BCUT2D eigenvalue weighted by molar-refractivity contribution is -0.123. The molecule has 1 N–H and O–H groups in total. The molecular weight excluding hydrogens is 302 g/mol. The lowest BCUT2D eigenvalue weighted by Gasteiger charge is -2.34. The van der Waals surface area contributed by atoms with Crippen LogP contribution in [0.25, 0.3) is 0 Å². The Hall–Kier alpha value is -0.660. The molecule has 7 heteroatoms. The first-order valence-electron chi connectivity index (χ1n) is 8.28. The molecule has 1 atom stereocenters. The molecular formula is C15H29N3O3S. The summed E-state index contributed by atoms with van der Waals surface area (Å²) in [4.78, 5) is 16.6. The van der Waals surface area contributed by atoms with Crippen LogP contribution < -0.4 is 5.32 Å². The van der Waals surface area contributed by atoms with E-state index in [0.717, 1.165) is 38.6 Å². The van der Waals surface area contributed by atoms with Crippen LogP contribution in [-0.4, -0.2) is 80.9 Å². The first-order chi connectivity index (χ1) is 10.3. The summed E-state index contributed by atoms with van der Waals surface area (Å²) in [6.45, 7) is 9.85. The molecule has 2 rings (SSSR count). The molecule has 1 amide bonds. The second-order valence-electron chi connectivity index (χ2n) is 6.97. The van der Waals surface area contributed by atoms with Crippen molar-refractivity contribution in [3.8, 4) is 0 Å². The fourth-order valence-electron chi connectivity index (χ4n) is 3.00. The topological polar surface area (TPSA) is 69.7 Å². The van der Waals surface area contributed by atoms with Gasteiger partial charge in [0, 0.05) is 32.2 Å². The summed E-state index contributed by atoms with van der Waals surface area (Å²) in [6, 6.07) is -0.190. The Kier molecular flexibility index (Phi) is 6.23. The number of hydrogen-bond donors (Lipinski definition) is 1. The van der Waals surface area contributed by atoms with Gasteiger partial charge in [-0.15, -0.1) is 0 Å². The number of carbonyl (C=O) groups excluding carboxylic acids is 1. The van der Waals surface area contributed by atoms with Gasteiger partial charge in [0.1, 0.15) is 0 Å². The molecule has 0 aromatic rings. The van der Waals surface area contributed by atoms with Crippen molar-refractivity contribution in [1.82, 2.24) is 15.1 Å². The van der Waals surface area contributed by atoms with Crippen LogP contribution in [0.2, 0.25) is 0 Å². The number of rotatable bonds is 6. The summed E-state index contributed by atoms with van der Waals surface area (Å²) in [5, 5.41) is 2.86. The number of nitrogens with one attached hydrogen (secondary N) is 1. The van der Waals surface area contributed by atoms with Crippen LogP contribution in [-0.2, 0) is 14.6 Å². The predicted octanol–water partition coefficient (Wildman–Crippen LogP) is -0.0466. The fourth-order valence-corrected chi connectivity index (χ4v) is 4.67. The van der Waals surface area contributed by atoms with Crippen LogP contribution in [0, 0.1) is 5.92 Å². The zero-order valence-corrected chi connectivity index (χ0v) is 14.6. The number of carbonyl (C=O) groups is 1. The number of piperazine rings is 1. The van der Waals surface area contributed by atoms with Crippen LogP contribution >= 0.6 is 0 Å². The molecule has 2 fully saturated rings. The Bertz CT molecular complexity index is 470. The maximum absolute atomic E-state index is 12.0. The summed E-state index contributed by atoms with van der Waals surface area (Å²) in [7, 11) is -2.93. The first-order valence-corrected chi connectivity index (χ1v) is 10.1. The Balaban J connectivity index is 1.64. The third kappa shape index (κ3) is 5.85. The predicted molar refractivity (Wildman–Crippen MR) is 87.5 cm³/mol. The molecule has 2 heterocycles. The average Bonchev–Trinajstić information content (AvgIpc) is 2.77. The van der Waals surface area contributed by atoms with Crippen molar-refractivity contribution in [3.63, 3.8) is 0 Å². The summed E-state index contributed by atoms with van der Waals surface area (Å²) < 4.78 is 22.8. The molecule has 0 spiro atoms. The lowest BCUT2D eigenvalue weighted by atomic mass is 10.1. The summed E-state index contributed by atoms with van der Waals surface area (Å²) in [5.41, 5.74) is 0. The Morgan fingerprint density at radius 3 is 2.36 bits per heavy atom. The molecule has 128 valence electrons. The molecule has 22 heavy (non-hydrogen) atoms.